The minimum atomic E-state index is -0.209. The van der Waals surface area contributed by atoms with E-state index in [0.717, 1.165) is 50.9 Å². The smallest absolute Gasteiger partial charge is 0.319 e. The van der Waals surface area contributed by atoms with Gasteiger partial charge in [0.15, 0.2) is 0 Å². The van der Waals surface area contributed by atoms with Crippen LogP contribution in [0.5, 0.6) is 0 Å². The fourth-order valence-electron chi connectivity index (χ4n) is 3.82. The molecule has 0 unspecified atom stereocenters. The van der Waals surface area contributed by atoms with Crippen LogP contribution in [0, 0.1) is 6.92 Å². The third kappa shape index (κ3) is 5.60. The molecule has 2 aliphatic rings. The minimum absolute atomic E-state index is 0.0771. The zero-order chi connectivity index (χ0) is 20.9. The number of carbonyl (C=O) groups excluding carboxylic acids is 2. The van der Waals surface area contributed by atoms with E-state index in [9.17, 15) is 9.59 Å². The monoisotopic (exact) mass is 406 g/mol. The van der Waals surface area contributed by atoms with E-state index in [0.29, 0.717) is 17.3 Å². The number of carbonyl (C=O) groups is 2. The van der Waals surface area contributed by atoms with Crippen LogP contribution in [-0.4, -0.2) is 42.0 Å². The first-order valence-corrected chi connectivity index (χ1v) is 10.8. The molecule has 2 aromatic carbocycles. The summed E-state index contributed by atoms with van der Waals surface area (Å²) in [7, 11) is 0. The summed E-state index contributed by atoms with van der Waals surface area (Å²) >= 11 is 0. The molecule has 6 heteroatoms. The van der Waals surface area contributed by atoms with E-state index >= 15 is 0 Å². The highest BCUT2D eigenvalue weighted by molar-refractivity contribution is 5.97. The standard InChI is InChI=1S/C24H30N4O2/c1-17-7-8-19(23(29)25-20-9-10-20)15-22(17)27-24(30)26-21-11-13-28(14-12-21)16-18-5-3-2-4-6-18/h2-8,15,20-21H,9-14,16H2,1H3,(H,25,29)(H2,26,27,30). The molecule has 1 saturated carbocycles. The summed E-state index contributed by atoms with van der Waals surface area (Å²) < 4.78 is 0. The lowest BCUT2D eigenvalue weighted by molar-refractivity contribution is 0.0951. The van der Waals surface area contributed by atoms with Gasteiger partial charge in [-0.25, -0.2) is 4.79 Å². The maximum absolute atomic E-state index is 12.5. The molecule has 2 aromatic rings. The minimum Gasteiger partial charge on any atom is -0.349 e. The Balaban J connectivity index is 1.26. The number of benzene rings is 2. The quantitative estimate of drug-likeness (QED) is 0.685. The third-order valence-corrected chi connectivity index (χ3v) is 5.83. The van der Waals surface area contributed by atoms with Crippen molar-refractivity contribution < 1.29 is 9.59 Å². The molecular weight excluding hydrogens is 376 g/mol. The molecule has 6 nitrogen and oxygen atoms in total. The Hall–Kier alpha value is -2.86. The number of nitrogens with zero attached hydrogens (tertiary/aromatic N) is 1. The van der Waals surface area contributed by atoms with Gasteiger partial charge < -0.3 is 16.0 Å². The van der Waals surface area contributed by atoms with Crippen molar-refractivity contribution in [1.82, 2.24) is 15.5 Å². The Morgan fingerprint density at radius 1 is 0.933 bits per heavy atom. The van der Waals surface area contributed by atoms with Crippen LogP contribution in [0.15, 0.2) is 48.5 Å². The fourth-order valence-corrected chi connectivity index (χ4v) is 3.82. The average molecular weight is 407 g/mol. The van der Waals surface area contributed by atoms with Crippen LogP contribution in [0.25, 0.3) is 0 Å². The lowest BCUT2D eigenvalue weighted by atomic mass is 10.0. The van der Waals surface area contributed by atoms with E-state index in [1.807, 2.05) is 19.1 Å². The summed E-state index contributed by atoms with van der Waals surface area (Å²) in [6.07, 6.45) is 3.97. The molecule has 0 radical (unpaired) electrons. The molecule has 1 aliphatic carbocycles. The van der Waals surface area contributed by atoms with E-state index in [-0.39, 0.29) is 18.0 Å². The van der Waals surface area contributed by atoms with Crippen molar-refractivity contribution in [2.45, 2.75) is 51.2 Å². The Morgan fingerprint density at radius 2 is 1.63 bits per heavy atom. The summed E-state index contributed by atoms with van der Waals surface area (Å²) in [5, 5.41) is 9.01. The third-order valence-electron chi connectivity index (χ3n) is 5.83. The molecule has 0 aromatic heterocycles. The van der Waals surface area contributed by atoms with Gasteiger partial charge in [-0.2, -0.15) is 0 Å². The Bertz CT molecular complexity index is 887. The van der Waals surface area contributed by atoms with Crippen LogP contribution in [-0.2, 0) is 6.54 Å². The van der Waals surface area contributed by atoms with Crippen molar-refractivity contribution in [3.8, 4) is 0 Å². The molecule has 0 spiro atoms. The summed E-state index contributed by atoms with van der Waals surface area (Å²) in [6.45, 7) is 4.82. The maximum atomic E-state index is 12.5. The van der Waals surface area contributed by atoms with Crippen LogP contribution < -0.4 is 16.0 Å². The van der Waals surface area contributed by atoms with Gasteiger partial charge in [-0.15, -0.1) is 0 Å². The second-order valence-corrected chi connectivity index (χ2v) is 8.41. The van der Waals surface area contributed by atoms with Crippen molar-refractivity contribution in [2.24, 2.45) is 0 Å². The largest absolute Gasteiger partial charge is 0.349 e. The summed E-state index contributed by atoms with van der Waals surface area (Å²) in [4.78, 5) is 27.2. The summed E-state index contributed by atoms with van der Waals surface area (Å²) in [5.41, 5.74) is 3.52. The van der Waals surface area contributed by atoms with Gasteiger partial charge in [0, 0.05) is 43.0 Å². The van der Waals surface area contributed by atoms with E-state index in [2.05, 4.69) is 45.1 Å². The highest BCUT2D eigenvalue weighted by Crippen LogP contribution is 2.21. The number of piperidine rings is 1. The molecule has 0 bridgehead atoms. The molecule has 3 amide bonds. The number of hydrogen-bond acceptors (Lipinski definition) is 3. The number of rotatable bonds is 6. The lowest BCUT2D eigenvalue weighted by Gasteiger charge is -2.32. The van der Waals surface area contributed by atoms with Crippen LogP contribution in [0.3, 0.4) is 0 Å². The topological polar surface area (TPSA) is 73.5 Å². The molecular formula is C24H30N4O2. The second-order valence-electron chi connectivity index (χ2n) is 8.41. The SMILES string of the molecule is Cc1ccc(C(=O)NC2CC2)cc1NC(=O)NC1CCN(Cc2ccccc2)CC1. The Labute approximate surface area is 178 Å². The van der Waals surface area contributed by atoms with Crippen LogP contribution in [0.1, 0.15) is 47.2 Å². The summed E-state index contributed by atoms with van der Waals surface area (Å²) in [5.74, 6) is -0.0771. The van der Waals surface area contributed by atoms with Gasteiger partial charge >= 0.3 is 6.03 Å². The van der Waals surface area contributed by atoms with Gasteiger partial charge in [0.05, 0.1) is 0 Å². The van der Waals surface area contributed by atoms with Gasteiger partial charge in [-0.1, -0.05) is 36.4 Å². The van der Waals surface area contributed by atoms with Crippen molar-refractivity contribution in [2.75, 3.05) is 18.4 Å². The molecule has 158 valence electrons. The molecule has 1 saturated heterocycles. The van der Waals surface area contributed by atoms with E-state index < -0.39 is 0 Å². The first kappa shape index (κ1) is 20.4. The first-order chi connectivity index (χ1) is 14.6. The number of urea groups is 1. The predicted octanol–water partition coefficient (Wildman–Crippen LogP) is 3.67. The van der Waals surface area contributed by atoms with Crippen LogP contribution in [0.4, 0.5) is 10.5 Å². The van der Waals surface area contributed by atoms with Crippen molar-refractivity contribution in [3.63, 3.8) is 0 Å². The Kier molecular flexibility index (Phi) is 6.33. The number of amides is 3. The Morgan fingerprint density at radius 3 is 2.33 bits per heavy atom. The van der Waals surface area contributed by atoms with Crippen molar-refractivity contribution in [1.29, 1.82) is 0 Å². The van der Waals surface area contributed by atoms with Crippen LogP contribution in [0.2, 0.25) is 0 Å². The van der Waals surface area contributed by atoms with Gasteiger partial charge in [-0.3, -0.25) is 9.69 Å². The highest BCUT2D eigenvalue weighted by Gasteiger charge is 2.24. The predicted molar refractivity (Wildman–Crippen MR) is 119 cm³/mol. The molecule has 3 N–H and O–H groups in total. The van der Waals surface area contributed by atoms with E-state index in [1.54, 1.807) is 12.1 Å². The fraction of sp³-hybridized carbons (Fsp3) is 0.417. The van der Waals surface area contributed by atoms with Gasteiger partial charge in [-0.05, 0) is 55.9 Å². The zero-order valence-electron chi connectivity index (χ0n) is 17.5. The number of aryl methyl sites for hydroxylation is 1. The van der Waals surface area contributed by atoms with E-state index in [4.69, 9.17) is 0 Å². The van der Waals surface area contributed by atoms with Crippen LogP contribution >= 0.6 is 0 Å². The molecule has 1 aliphatic heterocycles. The molecule has 2 fully saturated rings. The highest BCUT2D eigenvalue weighted by atomic mass is 16.2. The number of likely N-dealkylation sites (tertiary alicyclic amines) is 1. The molecule has 0 atom stereocenters. The van der Waals surface area contributed by atoms with Gasteiger partial charge in [0.2, 0.25) is 0 Å². The lowest BCUT2D eigenvalue weighted by Crippen LogP contribution is -2.45. The molecule has 4 rings (SSSR count). The number of nitrogens with one attached hydrogen (secondary N) is 3. The second kappa shape index (κ2) is 9.30. The van der Waals surface area contributed by atoms with E-state index in [1.165, 1.54) is 5.56 Å². The van der Waals surface area contributed by atoms with Crippen molar-refractivity contribution >= 4 is 17.6 Å². The van der Waals surface area contributed by atoms with Gasteiger partial charge in [0.25, 0.3) is 5.91 Å². The van der Waals surface area contributed by atoms with Crippen molar-refractivity contribution in [3.05, 3.63) is 65.2 Å². The maximum Gasteiger partial charge on any atom is 0.319 e. The molecule has 30 heavy (non-hydrogen) atoms. The first-order valence-electron chi connectivity index (χ1n) is 10.8. The zero-order valence-corrected chi connectivity index (χ0v) is 17.5. The molecule has 1 heterocycles. The summed E-state index contributed by atoms with van der Waals surface area (Å²) in [6, 6.07) is 16.2. The average Bonchev–Trinajstić information content (AvgIpc) is 3.56. The normalized spacial score (nSPS) is 17.4. The van der Waals surface area contributed by atoms with Gasteiger partial charge in [0.1, 0.15) is 0 Å². The number of hydrogen-bond donors (Lipinski definition) is 3. The number of anilines is 1.